The second-order valence-electron chi connectivity index (χ2n) is 5.81. The van der Waals surface area contributed by atoms with E-state index in [-0.39, 0.29) is 22.8 Å². The van der Waals surface area contributed by atoms with Gasteiger partial charge >= 0.3 is 5.97 Å². The van der Waals surface area contributed by atoms with E-state index in [1.807, 2.05) is 18.2 Å². The summed E-state index contributed by atoms with van der Waals surface area (Å²) >= 11 is 1.26. The number of sulfonamides is 1. The van der Waals surface area contributed by atoms with Gasteiger partial charge in [-0.15, -0.1) is 11.3 Å². The van der Waals surface area contributed by atoms with E-state index in [4.69, 9.17) is 4.74 Å². The molecule has 0 fully saturated rings. The smallest absolute Gasteiger partial charge is 0.338 e. The first-order chi connectivity index (χ1) is 13.5. The zero-order chi connectivity index (χ0) is 20.0. The molecule has 0 saturated carbocycles. The molecule has 0 amide bonds. The quantitative estimate of drug-likeness (QED) is 0.451. The molecule has 0 spiro atoms. The van der Waals surface area contributed by atoms with Crippen molar-refractivity contribution in [3.8, 4) is 0 Å². The molecule has 0 unspecified atom stereocenters. The molecule has 0 bridgehead atoms. The lowest BCUT2D eigenvalue weighted by atomic mass is 10.2. The Hall–Kier alpha value is -2.81. The van der Waals surface area contributed by atoms with E-state index in [0.29, 0.717) is 4.88 Å². The minimum absolute atomic E-state index is 0.0533. The monoisotopic (exact) mass is 415 g/mol. The molecular formula is C20H17NO5S2. The molecule has 3 rings (SSSR count). The SMILES string of the molecule is O=C(OCC(=O)c1cccs1)c1cccc(S(=O)(=O)NCc2ccccc2)c1. The third-order valence-corrected chi connectivity index (χ3v) is 6.13. The van der Waals surface area contributed by atoms with Gasteiger partial charge in [-0.3, -0.25) is 4.79 Å². The van der Waals surface area contributed by atoms with E-state index >= 15 is 0 Å². The number of esters is 1. The third-order valence-electron chi connectivity index (χ3n) is 3.82. The highest BCUT2D eigenvalue weighted by Gasteiger charge is 2.18. The lowest BCUT2D eigenvalue weighted by molar-refractivity contribution is 0.0475. The molecular weight excluding hydrogens is 398 g/mol. The molecule has 0 radical (unpaired) electrons. The molecule has 28 heavy (non-hydrogen) atoms. The fourth-order valence-corrected chi connectivity index (χ4v) is 4.08. The molecule has 0 atom stereocenters. The average Bonchev–Trinajstić information content (AvgIpc) is 3.26. The first kappa shape index (κ1) is 19.9. The van der Waals surface area contributed by atoms with Gasteiger partial charge in [-0.1, -0.05) is 42.5 Å². The minimum Gasteiger partial charge on any atom is -0.454 e. The standard InChI is InChI=1S/C20H17NO5S2/c22-18(19-10-5-11-27-19)14-26-20(23)16-8-4-9-17(12-16)28(24,25)21-13-15-6-2-1-3-7-15/h1-12,21H,13-14H2. The Balaban J connectivity index is 1.65. The Labute approximate surface area is 166 Å². The Morgan fingerprint density at radius 1 is 0.964 bits per heavy atom. The number of thiophene rings is 1. The topological polar surface area (TPSA) is 89.5 Å². The number of hydrogen-bond donors (Lipinski definition) is 1. The van der Waals surface area contributed by atoms with Crippen molar-refractivity contribution in [2.24, 2.45) is 0 Å². The van der Waals surface area contributed by atoms with Crippen LogP contribution in [0.1, 0.15) is 25.6 Å². The van der Waals surface area contributed by atoms with Crippen LogP contribution >= 0.6 is 11.3 Å². The van der Waals surface area contributed by atoms with Crippen LogP contribution in [0.5, 0.6) is 0 Å². The average molecular weight is 415 g/mol. The van der Waals surface area contributed by atoms with Gasteiger partial charge in [-0.2, -0.15) is 0 Å². The molecule has 8 heteroatoms. The molecule has 1 N–H and O–H groups in total. The molecule has 0 aliphatic heterocycles. The van der Waals surface area contributed by atoms with Crippen molar-refractivity contribution >= 4 is 33.1 Å². The van der Waals surface area contributed by atoms with Gasteiger partial charge < -0.3 is 4.74 Å². The Morgan fingerprint density at radius 2 is 1.75 bits per heavy atom. The number of Topliss-reactive ketones (excluding diaryl/α,β-unsaturated/α-hetero) is 1. The molecule has 6 nitrogen and oxygen atoms in total. The van der Waals surface area contributed by atoms with Gasteiger partial charge in [0.2, 0.25) is 15.8 Å². The summed E-state index contributed by atoms with van der Waals surface area (Å²) in [6, 6.07) is 18.0. The largest absolute Gasteiger partial charge is 0.454 e. The van der Waals surface area contributed by atoms with Crippen LogP contribution < -0.4 is 4.72 Å². The van der Waals surface area contributed by atoms with Crippen LogP contribution in [-0.4, -0.2) is 26.8 Å². The van der Waals surface area contributed by atoms with E-state index < -0.39 is 22.6 Å². The number of nitrogens with one attached hydrogen (secondary N) is 1. The number of ether oxygens (including phenoxy) is 1. The molecule has 1 aromatic heterocycles. The highest BCUT2D eigenvalue weighted by atomic mass is 32.2. The summed E-state index contributed by atoms with van der Waals surface area (Å²) in [4.78, 5) is 24.5. The molecule has 0 aliphatic rings. The van der Waals surface area contributed by atoms with Crippen molar-refractivity contribution in [2.45, 2.75) is 11.4 Å². The Kier molecular flexibility index (Phi) is 6.35. The van der Waals surface area contributed by atoms with Gasteiger partial charge in [0.05, 0.1) is 15.3 Å². The molecule has 3 aromatic rings. The summed E-state index contributed by atoms with van der Waals surface area (Å²) in [7, 11) is -3.80. The second kappa shape index (κ2) is 8.92. The normalized spacial score (nSPS) is 11.1. The summed E-state index contributed by atoms with van der Waals surface area (Å²) < 4.78 is 32.5. The van der Waals surface area contributed by atoms with E-state index in [1.165, 1.54) is 35.6 Å². The van der Waals surface area contributed by atoms with Crippen LogP contribution in [0.25, 0.3) is 0 Å². The number of benzene rings is 2. The van der Waals surface area contributed by atoms with Crippen molar-refractivity contribution < 1.29 is 22.7 Å². The van der Waals surface area contributed by atoms with Crippen molar-refractivity contribution in [2.75, 3.05) is 6.61 Å². The highest BCUT2D eigenvalue weighted by Crippen LogP contribution is 2.14. The minimum atomic E-state index is -3.80. The summed E-state index contributed by atoms with van der Waals surface area (Å²) in [5.74, 6) is -1.07. The zero-order valence-corrected chi connectivity index (χ0v) is 16.3. The van der Waals surface area contributed by atoms with Crippen LogP contribution in [0.4, 0.5) is 0 Å². The molecule has 2 aromatic carbocycles. The molecule has 144 valence electrons. The van der Waals surface area contributed by atoms with E-state index in [2.05, 4.69) is 4.72 Å². The Bertz CT molecular complexity index is 1060. The number of ketones is 1. The number of hydrogen-bond acceptors (Lipinski definition) is 6. The second-order valence-corrected chi connectivity index (χ2v) is 8.53. The van der Waals surface area contributed by atoms with E-state index in [9.17, 15) is 18.0 Å². The van der Waals surface area contributed by atoms with Crippen molar-refractivity contribution in [1.29, 1.82) is 0 Å². The zero-order valence-electron chi connectivity index (χ0n) is 14.7. The fourth-order valence-electron chi connectivity index (χ4n) is 2.37. The Morgan fingerprint density at radius 3 is 2.46 bits per heavy atom. The van der Waals surface area contributed by atoms with Crippen LogP contribution in [0, 0.1) is 0 Å². The van der Waals surface area contributed by atoms with Crippen LogP contribution in [0.3, 0.4) is 0 Å². The molecule has 0 aliphatic carbocycles. The van der Waals surface area contributed by atoms with E-state index in [0.717, 1.165) is 5.56 Å². The first-order valence-electron chi connectivity index (χ1n) is 8.33. The lowest BCUT2D eigenvalue weighted by Crippen LogP contribution is -2.23. The van der Waals surface area contributed by atoms with Crippen molar-refractivity contribution in [1.82, 2.24) is 4.72 Å². The summed E-state index contributed by atoms with van der Waals surface area (Å²) in [5.41, 5.74) is 0.871. The van der Waals surface area contributed by atoms with Gasteiger partial charge in [0.1, 0.15) is 0 Å². The highest BCUT2D eigenvalue weighted by molar-refractivity contribution is 7.89. The van der Waals surface area contributed by atoms with Crippen LogP contribution in [0.2, 0.25) is 0 Å². The fraction of sp³-hybridized carbons (Fsp3) is 0.100. The lowest BCUT2D eigenvalue weighted by Gasteiger charge is -2.09. The first-order valence-corrected chi connectivity index (χ1v) is 10.7. The number of carbonyl (C=O) groups excluding carboxylic acids is 2. The maximum atomic E-state index is 12.5. The predicted octanol–water partition coefficient (Wildman–Crippen LogP) is 3.27. The summed E-state index contributed by atoms with van der Waals surface area (Å²) in [5, 5.41) is 1.76. The van der Waals surface area contributed by atoms with E-state index in [1.54, 1.807) is 29.6 Å². The number of rotatable bonds is 8. The van der Waals surface area contributed by atoms with Gasteiger partial charge in [0, 0.05) is 6.54 Å². The van der Waals surface area contributed by atoms with Gasteiger partial charge in [0.15, 0.2) is 6.61 Å². The summed E-state index contributed by atoms with van der Waals surface area (Å²) in [6.07, 6.45) is 0. The molecule has 1 heterocycles. The van der Waals surface area contributed by atoms with Gasteiger partial charge in [-0.25, -0.2) is 17.9 Å². The maximum absolute atomic E-state index is 12.5. The summed E-state index contributed by atoms with van der Waals surface area (Å²) in [6.45, 7) is -0.268. The van der Waals surface area contributed by atoms with Crippen molar-refractivity contribution in [3.63, 3.8) is 0 Å². The van der Waals surface area contributed by atoms with Crippen molar-refractivity contribution in [3.05, 3.63) is 88.1 Å². The van der Waals surface area contributed by atoms with Gasteiger partial charge in [0.25, 0.3) is 0 Å². The van der Waals surface area contributed by atoms with Crippen LogP contribution in [-0.2, 0) is 21.3 Å². The third kappa shape index (κ3) is 5.13. The molecule has 0 saturated heterocycles. The maximum Gasteiger partial charge on any atom is 0.338 e. The number of carbonyl (C=O) groups is 2. The van der Waals surface area contributed by atoms with Crippen LogP contribution in [0.15, 0.2) is 77.0 Å². The predicted molar refractivity (Wildman–Crippen MR) is 106 cm³/mol. The van der Waals surface area contributed by atoms with Gasteiger partial charge in [-0.05, 0) is 35.2 Å².